The molecule has 98 valence electrons. The highest BCUT2D eigenvalue weighted by Gasteiger charge is 2.40. The van der Waals surface area contributed by atoms with E-state index < -0.39 is 30.1 Å². The Kier molecular flexibility index (Phi) is 4.86. The van der Waals surface area contributed by atoms with E-state index in [2.05, 4.69) is 0 Å². The van der Waals surface area contributed by atoms with Crippen LogP contribution in [0.5, 0.6) is 0 Å². The van der Waals surface area contributed by atoms with Gasteiger partial charge in [-0.05, 0) is 6.42 Å². The Bertz CT molecular complexity index is 296. The van der Waals surface area contributed by atoms with E-state index in [-0.39, 0.29) is 13.0 Å². The summed E-state index contributed by atoms with van der Waals surface area (Å²) in [7, 11) is 1.50. The third kappa shape index (κ3) is 3.39. The van der Waals surface area contributed by atoms with Crippen LogP contribution in [0.1, 0.15) is 12.8 Å². The van der Waals surface area contributed by atoms with Crippen molar-refractivity contribution in [3.8, 4) is 0 Å². The molecule has 3 unspecified atom stereocenters. The van der Waals surface area contributed by atoms with Crippen LogP contribution < -0.4 is 5.73 Å². The zero-order chi connectivity index (χ0) is 13.0. The van der Waals surface area contributed by atoms with Gasteiger partial charge in [0.2, 0.25) is 5.91 Å². The second-order valence-electron chi connectivity index (χ2n) is 4.12. The van der Waals surface area contributed by atoms with Crippen LogP contribution in [-0.4, -0.2) is 65.4 Å². The van der Waals surface area contributed by atoms with E-state index in [1.807, 2.05) is 0 Å². The number of carbonyl (C=O) groups excluding carboxylic acids is 1. The molecule has 17 heavy (non-hydrogen) atoms. The van der Waals surface area contributed by atoms with E-state index in [9.17, 15) is 14.7 Å². The molecule has 1 fully saturated rings. The maximum atomic E-state index is 11.9. The number of hydrogen-bond donors (Lipinski definition) is 3. The number of ether oxygens (including phenoxy) is 1. The van der Waals surface area contributed by atoms with Gasteiger partial charge in [0.15, 0.2) is 0 Å². The minimum Gasteiger partial charge on any atom is -0.480 e. The topological polar surface area (TPSA) is 113 Å². The fraction of sp³-hybridized carbons (Fsp3) is 0.800. The molecule has 3 atom stereocenters. The van der Waals surface area contributed by atoms with E-state index in [4.69, 9.17) is 15.6 Å². The molecule has 0 aliphatic carbocycles. The molecule has 1 amide bonds. The van der Waals surface area contributed by atoms with Crippen molar-refractivity contribution >= 4 is 11.9 Å². The molecule has 0 spiro atoms. The molecular weight excluding hydrogens is 228 g/mol. The lowest BCUT2D eigenvalue weighted by atomic mass is 10.1. The molecule has 1 aliphatic rings. The monoisotopic (exact) mass is 246 g/mol. The van der Waals surface area contributed by atoms with Gasteiger partial charge in [0.1, 0.15) is 6.04 Å². The summed E-state index contributed by atoms with van der Waals surface area (Å²) >= 11 is 0. The number of nitrogens with zero attached hydrogens (tertiary/aromatic N) is 1. The quantitative estimate of drug-likeness (QED) is 0.538. The van der Waals surface area contributed by atoms with Crippen molar-refractivity contribution < 1.29 is 24.5 Å². The van der Waals surface area contributed by atoms with Gasteiger partial charge in [-0.25, -0.2) is 4.79 Å². The summed E-state index contributed by atoms with van der Waals surface area (Å²) < 4.78 is 4.80. The number of amides is 1. The highest BCUT2D eigenvalue weighted by atomic mass is 16.5. The number of likely N-dealkylation sites (tertiary alicyclic amines) is 1. The fourth-order valence-corrected chi connectivity index (χ4v) is 1.87. The van der Waals surface area contributed by atoms with E-state index in [0.717, 1.165) is 4.90 Å². The van der Waals surface area contributed by atoms with Crippen LogP contribution in [0, 0.1) is 0 Å². The normalized spacial score (nSPS) is 25.9. The molecule has 4 N–H and O–H groups in total. The predicted octanol–water partition coefficient (Wildman–Crippen LogP) is -1.60. The van der Waals surface area contributed by atoms with Crippen molar-refractivity contribution in [2.45, 2.75) is 31.0 Å². The lowest BCUT2D eigenvalue weighted by Crippen LogP contribution is -2.49. The highest BCUT2D eigenvalue weighted by molar-refractivity contribution is 5.87. The number of β-amino-alcohol motifs (C(OH)–C–C–N with tert-alkyl or cyclic N) is 1. The van der Waals surface area contributed by atoms with Crippen molar-refractivity contribution in [3.05, 3.63) is 0 Å². The van der Waals surface area contributed by atoms with Gasteiger partial charge in [-0.1, -0.05) is 0 Å². The molecule has 1 saturated heterocycles. The van der Waals surface area contributed by atoms with Gasteiger partial charge in [0.05, 0.1) is 12.1 Å². The van der Waals surface area contributed by atoms with Gasteiger partial charge in [-0.15, -0.1) is 0 Å². The molecule has 1 aliphatic heterocycles. The van der Waals surface area contributed by atoms with Crippen molar-refractivity contribution in [3.63, 3.8) is 0 Å². The number of rotatable bonds is 5. The minimum absolute atomic E-state index is 0.0243. The lowest BCUT2D eigenvalue weighted by molar-refractivity contribution is -0.148. The van der Waals surface area contributed by atoms with Crippen LogP contribution in [0.15, 0.2) is 0 Å². The number of hydrogen-bond acceptors (Lipinski definition) is 5. The van der Waals surface area contributed by atoms with Gasteiger partial charge in [-0.3, -0.25) is 4.79 Å². The Morgan fingerprint density at radius 1 is 1.59 bits per heavy atom. The number of aliphatic hydroxyl groups is 1. The van der Waals surface area contributed by atoms with Gasteiger partial charge in [0, 0.05) is 26.7 Å². The molecule has 0 aromatic rings. The van der Waals surface area contributed by atoms with Crippen LogP contribution in [0.25, 0.3) is 0 Å². The third-order valence-electron chi connectivity index (χ3n) is 2.80. The Morgan fingerprint density at radius 2 is 2.24 bits per heavy atom. The van der Waals surface area contributed by atoms with Crippen molar-refractivity contribution in [2.75, 3.05) is 20.3 Å². The SMILES string of the molecule is COCCC(N)C(=O)N1CC(O)CC1C(=O)O. The number of aliphatic carboxylic acids is 1. The van der Waals surface area contributed by atoms with Gasteiger partial charge >= 0.3 is 5.97 Å². The Labute approximate surface area is 99.1 Å². The molecule has 0 bridgehead atoms. The summed E-state index contributed by atoms with van der Waals surface area (Å²) in [6.07, 6.45) is -0.415. The summed E-state index contributed by atoms with van der Waals surface area (Å²) in [4.78, 5) is 23.9. The second kappa shape index (κ2) is 5.95. The fourth-order valence-electron chi connectivity index (χ4n) is 1.87. The van der Waals surface area contributed by atoms with Crippen LogP contribution in [0.4, 0.5) is 0 Å². The summed E-state index contributed by atoms with van der Waals surface area (Å²) in [6, 6.07) is -1.77. The second-order valence-corrected chi connectivity index (χ2v) is 4.12. The van der Waals surface area contributed by atoms with Gasteiger partial charge in [-0.2, -0.15) is 0 Å². The molecular formula is C10H18N2O5. The van der Waals surface area contributed by atoms with Crippen molar-refractivity contribution in [1.29, 1.82) is 0 Å². The van der Waals surface area contributed by atoms with E-state index >= 15 is 0 Å². The first kappa shape index (κ1) is 13.9. The van der Waals surface area contributed by atoms with Crippen LogP contribution in [-0.2, 0) is 14.3 Å². The van der Waals surface area contributed by atoms with Crippen LogP contribution >= 0.6 is 0 Å². The Hall–Kier alpha value is -1.18. The van der Waals surface area contributed by atoms with Crippen LogP contribution in [0.3, 0.4) is 0 Å². The number of nitrogens with two attached hydrogens (primary N) is 1. The summed E-state index contributed by atoms with van der Waals surface area (Å²) in [5.41, 5.74) is 5.65. The minimum atomic E-state index is -1.12. The van der Waals surface area contributed by atoms with Crippen molar-refractivity contribution in [1.82, 2.24) is 4.90 Å². The maximum absolute atomic E-state index is 11.9. The largest absolute Gasteiger partial charge is 0.480 e. The first-order chi connectivity index (χ1) is 7.97. The van der Waals surface area contributed by atoms with E-state index in [1.165, 1.54) is 7.11 Å². The first-order valence-electron chi connectivity index (χ1n) is 5.43. The molecule has 7 heteroatoms. The zero-order valence-corrected chi connectivity index (χ0v) is 9.70. The number of aliphatic hydroxyl groups excluding tert-OH is 1. The molecule has 0 saturated carbocycles. The van der Waals surface area contributed by atoms with E-state index in [0.29, 0.717) is 13.0 Å². The zero-order valence-electron chi connectivity index (χ0n) is 9.70. The number of methoxy groups -OCH3 is 1. The predicted molar refractivity (Wildman–Crippen MR) is 58.2 cm³/mol. The molecule has 1 rings (SSSR count). The molecule has 7 nitrogen and oxygen atoms in total. The molecule has 1 heterocycles. The van der Waals surface area contributed by atoms with Crippen LogP contribution in [0.2, 0.25) is 0 Å². The number of carboxylic acids is 1. The Balaban J connectivity index is 2.63. The van der Waals surface area contributed by atoms with Gasteiger partial charge in [0.25, 0.3) is 0 Å². The van der Waals surface area contributed by atoms with E-state index in [1.54, 1.807) is 0 Å². The average molecular weight is 246 g/mol. The Morgan fingerprint density at radius 3 is 2.76 bits per heavy atom. The number of carboxylic acid groups (broad SMARTS) is 1. The third-order valence-corrected chi connectivity index (χ3v) is 2.80. The summed E-state index contributed by atoms with van der Waals surface area (Å²) in [5, 5.41) is 18.3. The first-order valence-corrected chi connectivity index (χ1v) is 5.43. The highest BCUT2D eigenvalue weighted by Crippen LogP contribution is 2.19. The maximum Gasteiger partial charge on any atom is 0.326 e. The molecule has 0 aromatic carbocycles. The smallest absolute Gasteiger partial charge is 0.326 e. The average Bonchev–Trinajstić information content (AvgIpc) is 2.67. The summed E-state index contributed by atoms with van der Waals surface area (Å²) in [5.74, 6) is -1.57. The molecule has 0 aromatic heterocycles. The summed E-state index contributed by atoms with van der Waals surface area (Å²) in [6.45, 7) is 0.359. The lowest BCUT2D eigenvalue weighted by Gasteiger charge is -2.24. The standard InChI is InChI=1S/C10H18N2O5/c1-17-3-2-7(11)9(14)12-5-6(13)4-8(12)10(15)16/h6-8,13H,2-5,11H2,1H3,(H,15,16). The van der Waals surface area contributed by atoms with Gasteiger partial charge < -0.3 is 25.6 Å². The number of carbonyl (C=O) groups is 2. The van der Waals surface area contributed by atoms with Crippen molar-refractivity contribution in [2.24, 2.45) is 5.73 Å². The molecule has 0 radical (unpaired) electrons.